The highest BCUT2D eigenvalue weighted by Gasteiger charge is 2.41. The Labute approximate surface area is 122 Å². The Bertz CT molecular complexity index is 436. The summed E-state index contributed by atoms with van der Waals surface area (Å²) in [6, 6.07) is 0. The molecule has 1 amide bonds. The molecule has 0 bridgehead atoms. The molecule has 2 heterocycles. The van der Waals surface area contributed by atoms with Crippen molar-refractivity contribution in [3.63, 3.8) is 0 Å². The van der Waals surface area contributed by atoms with Crippen molar-refractivity contribution in [1.29, 1.82) is 0 Å². The zero-order valence-corrected chi connectivity index (χ0v) is 13.2. The minimum Gasteiger partial charge on any atom is -0.341 e. The van der Waals surface area contributed by atoms with Crippen molar-refractivity contribution < 1.29 is 13.2 Å². The second-order valence-electron chi connectivity index (χ2n) is 6.08. The number of rotatable bonds is 3. The molecule has 0 aromatic heterocycles. The van der Waals surface area contributed by atoms with Crippen molar-refractivity contribution in [2.75, 3.05) is 37.7 Å². The average molecular weight is 302 g/mol. The number of carbonyl (C=O) groups excluding carboxylic acids is 1. The minimum atomic E-state index is -2.95. The maximum Gasteiger partial charge on any atom is 0.228 e. The first kappa shape index (κ1) is 15.8. The lowest BCUT2D eigenvalue weighted by molar-refractivity contribution is -0.144. The van der Waals surface area contributed by atoms with E-state index in [9.17, 15) is 13.2 Å². The van der Waals surface area contributed by atoms with Gasteiger partial charge in [-0.05, 0) is 38.8 Å². The van der Waals surface area contributed by atoms with E-state index in [4.69, 9.17) is 0 Å². The van der Waals surface area contributed by atoms with E-state index in [1.165, 1.54) is 0 Å². The zero-order chi connectivity index (χ0) is 14.6. The van der Waals surface area contributed by atoms with E-state index in [1.807, 2.05) is 4.90 Å². The molecule has 6 heteroatoms. The van der Waals surface area contributed by atoms with Crippen molar-refractivity contribution in [3.05, 3.63) is 0 Å². The zero-order valence-electron chi connectivity index (χ0n) is 12.4. The van der Waals surface area contributed by atoms with Gasteiger partial charge >= 0.3 is 0 Å². The minimum absolute atomic E-state index is 0.124. The third-order valence-corrected chi connectivity index (χ3v) is 6.30. The number of piperidine rings is 1. The molecule has 0 aromatic rings. The largest absolute Gasteiger partial charge is 0.341 e. The maximum absolute atomic E-state index is 12.9. The van der Waals surface area contributed by atoms with Crippen LogP contribution in [-0.2, 0) is 14.6 Å². The van der Waals surface area contributed by atoms with Crippen LogP contribution >= 0.6 is 0 Å². The van der Waals surface area contributed by atoms with Gasteiger partial charge in [-0.3, -0.25) is 4.79 Å². The summed E-state index contributed by atoms with van der Waals surface area (Å²) in [6.45, 7) is 4.86. The molecule has 0 saturated carbocycles. The van der Waals surface area contributed by atoms with Gasteiger partial charge in [-0.25, -0.2) is 8.42 Å². The first-order valence-corrected chi connectivity index (χ1v) is 9.52. The summed E-state index contributed by atoms with van der Waals surface area (Å²) in [5.41, 5.74) is -0.256. The van der Waals surface area contributed by atoms with E-state index in [0.717, 1.165) is 38.8 Å². The van der Waals surface area contributed by atoms with Crippen LogP contribution in [0.3, 0.4) is 0 Å². The second kappa shape index (κ2) is 6.43. The van der Waals surface area contributed by atoms with E-state index >= 15 is 0 Å². The van der Waals surface area contributed by atoms with Crippen molar-refractivity contribution >= 4 is 15.7 Å². The number of hydrogen-bond acceptors (Lipinski definition) is 4. The molecule has 1 N–H and O–H groups in total. The Morgan fingerprint density at radius 1 is 1.20 bits per heavy atom. The van der Waals surface area contributed by atoms with Gasteiger partial charge < -0.3 is 10.2 Å². The van der Waals surface area contributed by atoms with Crippen LogP contribution in [0, 0.1) is 5.41 Å². The molecule has 20 heavy (non-hydrogen) atoms. The Morgan fingerprint density at radius 2 is 1.90 bits per heavy atom. The van der Waals surface area contributed by atoms with Crippen molar-refractivity contribution in [2.24, 2.45) is 5.41 Å². The highest BCUT2D eigenvalue weighted by molar-refractivity contribution is 7.91. The van der Waals surface area contributed by atoms with E-state index in [0.29, 0.717) is 19.5 Å². The van der Waals surface area contributed by atoms with Gasteiger partial charge in [-0.2, -0.15) is 0 Å². The van der Waals surface area contributed by atoms with E-state index in [1.54, 1.807) is 0 Å². The molecule has 2 rings (SSSR count). The lowest BCUT2D eigenvalue weighted by Gasteiger charge is -2.39. The topological polar surface area (TPSA) is 66.5 Å². The average Bonchev–Trinajstić information content (AvgIpc) is 2.60. The van der Waals surface area contributed by atoms with Crippen LogP contribution < -0.4 is 5.32 Å². The molecule has 2 aliphatic rings. The lowest BCUT2D eigenvalue weighted by Crippen LogP contribution is -2.50. The Morgan fingerprint density at radius 3 is 2.55 bits per heavy atom. The van der Waals surface area contributed by atoms with Gasteiger partial charge in [0.25, 0.3) is 0 Å². The molecule has 5 nitrogen and oxygen atoms in total. The van der Waals surface area contributed by atoms with E-state index in [-0.39, 0.29) is 22.8 Å². The van der Waals surface area contributed by atoms with Crippen LogP contribution in [0.25, 0.3) is 0 Å². The first-order valence-electron chi connectivity index (χ1n) is 7.70. The number of carbonyl (C=O) groups is 1. The molecule has 116 valence electrons. The number of nitrogens with zero attached hydrogens (tertiary/aromatic N) is 1. The maximum atomic E-state index is 12.9. The SMILES string of the molecule is CCCC1(C(=O)N2CCCS(=O)(=O)CC2)CCNCC1. The second-order valence-corrected chi connectivity index (χ2v) is 8.38. The van der Waals surface area contributed by atoms with Crippen LogP contribution in [0.2, 0.25) is 0 Å². The molecular formula is C14H26N2O3S. The normalized spacial score (nSPS) is 25.9. The molecule has 0 aliphatic carbocycles. The summed E-state index contributed by atoms with van der Waals surface area (Å²) in [7, 11) is -2.95. The predicted molar refractivity (Wildman–Crippen MR) is 79.3 cm³/mol. The summed E-state index contributed by atoms with van der Waals surface area (Å²) < 4.78 is 23.3. The van der Waals surface area contributed by atoms with Gasteiger partial charge in [0.2, 0.25) is 5.91 Å². The molecule has 2 aliphatic heterocycles. The Kier molecular flexibility index (Phi) is 5.07. The van der Waals surface area contributed by atoms with Crippen molar-refractivity contribution in [3.8, 4) is 0 Å². The first-order chi connectivity index (χ1) is 9.49. The molecule has 2 saturated heterocycles. The van der Waals surface area contributed by atoms with Gasteiger partial charge in [0, 0.05) is 13.1 Å². The number of amides is 1. The van der Waals surface area contributed by atoms with E-state index < -0.39 is 9.84 Å². The fourth-order valence-electron chi connectivity index (χ4n) is 3.43. The van der Waals surface area contributed by atoms with Crippen molar-refractivity contribution in [1.82, 2.24) is 10.2 Å². The summed E-state index contributed by atoms with van der Waals surface area (Å²) in [6.07, 6.45) is 4.25. The van der Waals surface area contributed by atoms with Gasteiger partial charge in [-0.15, -0.1) is 0 Å². The number of nitrogens with one attached hydrogen (secondary N) is 1. The monoisotopic (exact) mass is 302 g/mol. The van der Waals surface area contributed by atoms with Gasteiger partial charge in [0.05, 0.1) is 16.9 Å². The van der Waals surface area contributed by atoms with Crippen LogP contribution in [0.5, 0.6) is 0 Å². The predicted octanol–water partition coefficient (Wildman–Crippen LogP) is 0.803. The van der Waals surface area contributed by atoms with E-state index in [2.05, 4.69) is 12.2 Å². The Balaban J connectivity index is 2.11. The molecule has 2 fully saturated rings. The molecule has 0 atom stereocenters. The smallest absolute Gasteiger partial charge is 0.228 e. The molecule has 0 radical (unpaired) electrons. The molecule has 0 unspecified atom stereocenters. The molecule has 0 spiro atoms. The highest BCUT2D eigenvalue weighted by Crippen LogP contribution is 2.36. The number of sulfone groups is 1. The lowest BCUT2D eigenvalue weighted by atomic mass is 9.74. The summed E-state index contributed by atoms with van der Waals surface area (Å²) in [4.78, 5) is 14.7. The van der Waals surface area contributed by atoms with Crippen molar-refractivity contribution in [2.45, 2.75) is 39.0 Å². The summed E-state index contributed by atoms with van der Waals surface area (Å²) >= 11 is 0. The quantitative estimate of drug-likeness (QED) is 0.837. The van der Waals surface area contributed by atoms with Gasteiger partial charge in [0.15, 0.2) is 9.84 Å². The third-order valence-electron chi connectivity index (χ3n) is 4.59. The Hall–Kier alpha value is -0.620. The molecule has 0 aromatic carbocycles. The molecular weight excluding hydrogens is 276 g/mol. The fraction of sp³-hybridized carbons (Fsp3) is 0.929. The standard InChI is InChI=1S/C14H26N2O3S/c1-2-4-14(5-7-15-8-6-14)13(17)16-9-3-11-20(18,19)12-10-16/h15H,2-12H2,1H3. The van der Waals surface area contributed by atoms with Crippen LogP contribution in [0.15, 0.2) is 0 Å². The fourth-order valence-corrected chi connectivity index (χ4v) is 4.70. The van der Waals surface area contributed by atoms with Gasteiger partial charge in [0.1, 0.15) is 0 Å². The van der Waals surface area contributed by atoms with Crippen LogP contribution in [0.4, 0.5) is 0 Å². The highest BCUT2D eigenvalue weighted by atomic mass is 32.2. The summed E-state index contributed by atoms with van der Waals surface area (Å²) in [5, 5.41) is 3.31. The number of hydrogen-bond donors (Lipinski definition) is 1. The third kappa shape index (κ3) is 3.52. The van der Waals surface area contributed by atoms with Crippen LogP contribution in [0.1, 0.15) is 39.0 Å². The van der Waals surface area contributed by atoms with Crippen LogP contribution in [-0.4, -0.2) is 56.9 Å². The summed E-state index contributed by atoms with van der Waals surface area (Å²) in [5.74, 6) is 0.538. The van der Waals surface area contributed by atoms with Gasteiger partial charge in [-0.1, -0.05) is 13.3 Å².